The minimum atomic E-state index is -3.90. The largest absolute Gasteiger partial charge is 0.459 e. The van der Waals surface area contributed by atoms with Crippen molar-refractivity contribution in [3.8, 4) is 0 Å². The van der Waals surface area contributed by atoms with Crippen molar-refractivity contribution < 1.29 is 28.0 Å². The summed E-state index contributed by atoms with van der Waals surface area (Å²) in [5.41, 5.74) is -1.49. The van der Waals surface area contributed by atoms with E-state index in [1.165, 1.54) is 16.4 Å². The number of hydrogen-bond acceptors (Lipinski definition) is 7. The maximum Gasteiger partial charge on any atom is 0.343 e. The van der Waals surface area contributed by atoms with Crippen LogP contribution in [0.25, 0.3) is 0 Å². The third kappa shape index (κ3) is 4.50. The van der Waals surface area contributed by atoms with Gasteiger partial charge in [-0.25, -0.2) is 13.2 Å². The van der Waals surface area contributed by atoms with Gasteiger partial charge >= 0.3 is 5.97 Å². The van der Waals surface area contributed by atoms with Crippen LogP contribution in [0.15, 0.2) is 59.5 Å². The molecule has 1 N–H and O–H groups in total. The lowest BCUT2D eigenvalue weighted by atomic mass is 9.80. The Bertz CT molecular complexity index is 1120. The van der Waals surface area contributed by atoms with Gasteiger partial charge in [-0.05, 0) is 37.0 Å². The van der Waals surface area contributed by atoms with Crippen molar-refractivity contribution in [3.05, 3.63) is 70.3 Å². The van der Waals surface area contributed by atoms with Gasteiger partial charge in [0.1, 0.15) is 6.10 Å². The first kappa shape index (κ1) is 23.3. The predicted molar refractivity (Wildman–Crippen MR) is 119 cm³/mol. The molecule has 0 bridgehead atoms. The number of carbonyl (C=O) groups excluding carboxylic acids is 1. The summed E-state index contributed by atoms with van der Waals surface area (Å²) in [5, 5.41) is 22.3. The molecule has 0 aromatic heterocycles. The van der Waals surface area contributed by atoms with Gasteiger partial charge in [0.2, 0.25) is 10.0 Å². The summed E-state index contributed by atoms with van der Waals surface area (Å²) in [6.45, 7) is 0.102. The average Bonchev–Trinajstić information content (AvgIpc) is 3.52. The third-order valence-corrected chi connectivity index (χ3v) is 8.42. The molecule has 1 unspecified atom stereocenters. The Kier molecular flexibility index (Phi) is 6.51. The highest BCUT2D eigenvalue weighted by Crippen LogP contribution is 2.42. The minimum Gasteiger partial charge on any atom is -0.459 e. The summed E-state index contributed by atoms with van der Waals surface area (Å²) in [5.74, 6) is -1.01. The Labute approximate surface area is 192 Å². The first-order chi connectivity index (χ1) is 15.7. The van der Waals surface area contributed by atoms with Gasteiger partial charge in [-0.1, -0.05) is 43.2 Å². The molecule has 10 heteroatoms. The minimum absolute atomic E-state index is 0.0411. The first-order valence-electron chi connectivity index (χ1n) is 11.0. The highest BCUT2D eigenvalue weighted by atomic mass is 32.2. The van der Waals surface area contributed by atoms with E-state index in [1.54, 1.807) is 24.3 Å². The molecule has 176 valence electrons. The van der Waals surface area contributed by atoms with Crippen molar-refractivity contribution in [2.45, 2.75) is 48.7 Å². The zero-order valence-corrected chi connectivity index (χ0v) is 18.8. The van der Waals surface area contributed by atoms with Crippen LogP contribution in [0, 0.1) is 16.0 Å². The number of benzene rings is 2. The Morgan fingerprint density at radius 2 is 1.70 bits per heavy atom. The van der Waals surface area contributed by atoms with E-state index in [4.69, 9.17) is 4.74 Å². The molecule has 9 nitrogen and oxygen atoms in total. The number of hydrogen-bond donors (Lipinski definition) is 1. The number of aliphatic hydroxyl groups is 1. The average molecular weight is 475 g/mol. The lowest BCUT2D eigenvalue weighted by Crippen LogP contribution is -2.45. The zero-order chi connectivity index (χ0) is 23.6. The Morgan fingerprint density at radius 3 is 2.30 bits per heavy atom. The van der Waals surface area contributed by atoms with Crippen LogP contribution in [-0.2, 0) is 25.2 Å². The van der Waals surface area contributed by atoms with E-state index >= 15 is 0 Å². The quantitative estimate of drug-likeness (QED) is 0.371. The molecule has 1 saturated carbocycles. The smallest absolute Gasteiger partial charge is 0.343 e. The summed E-state index contributed by atoms with van der Waals surface area (Å²) in [4.78, 5) is 23.4. The number of nitrogens with zero attached hydrogens (tertiary/aromatic N) is 2. The maximum atomic E-state index is 13.2. The van der Waals surface area contributed by atoms with Crippen molar-refractivity contribution in [3.63, 3.8) is 0 Å². The molecule has 2 fully saturated rings. The van der Waals surface area contributed by atoms with Crippen molar-refractivity contribution in [2.24, 2.45) is 5.92 Å². The van der Waals surface area contributed by atoms with Crippen LogP contribution in [0.1, 0.15) is 37.7 Å². The number of rotatable bonds is 7. The topological polar surface area (TPSA) is 127 Å². The van der Waals surface area contributed by atoms with Gasteiger partial charge in [-0.2, -0.15) is 4.31 Å². The van der Waals surface area contributed by atoms with Gasteiger partial charge in [0.15, 0.2) is 5.60 Å². The first-order valence-corrected chi connectivity index (χ1v) is 12.4. The van der Waals surface area contributed by atoms with Crippen LogP contribution in [0.2, 0.25) is 0 Å². The molecule has 1 aliphatic heterocycles. The second-order valence-corrected chi connectivity index (χ2v) is 10.5. The van der Waals surface area contributed by atoms with E-state index in [0.717, 1.165) is 25.0 Å². The molecular weight excluding hydrogens is 448 g/mol. The molecule has 1 saturated heterocycles. The fourth-order valence-electron chi connectivity index (χ4n) is 4.70. The van der Waals surface area contributed by atoms with E-state index in [-0.39, 0.29) is 29.6 Å². The number of esters is 1. The van der Waals surface area contributed by atoms with Crippen LogP contribution in [-0.4, -0.2) is 47.9 Å². The van der Waals surface area contributed by atoms with E-state index < -0.39 is 32.6 Å². The number of ether oxygens (including phenoxy) is 1. The van der Waals surface area contributed by atoms with Crippen molar-refractivity contribution in [2.75, 3.05) is 13.1 Å². The molecule has 2 aromatic rings. The molecule has 2 aliphatic rings. The second kappa shape index (κ2) is 9.20. The van der Waals surface area contributed by atoms with Crippen molar-refractivity contribution in [1.29, 1.82) is 0 Å². The third-order valence-electron chi connectivity index (χ3n) is 6.54. The van der Waals surface area contributed by atoms with Crippen LogP contribution >= 0.6 is 0 Å². The SMILES string of the molecule is O=C(O[C@H]1CCN(S(=O)(=O)c2ccc([N+](=O)[O-])cc2)C1)C(O)(c1ccccc1)C1CCCC1. The summed E-state index contributed by atoms with van der Waals surface area (Å²) in [7, 11) is -3.90. The van der Waals surface area contributed by atoms with Crippen LogP contribution in [0.4, 0.5) is 5.69 Å². The van der Waals surface area contributed by atoms with E-state index in [0.29, 0.717) is 24.8 Å². The molecule has 2 aromatic carbocycles. The normalized spacial score (nSPS) is 21.5. The van der Waals surface area contributed by atoms with Gasteiger partial charge < -0.3 is 9.84 Å². The second-order valence-electron chi connectivity index (χ2n) is 8.54. The molecule has 0 amide bonds. The monoisotopic (exact) mass is 474 g/mol. The zero-order valence-electron chi connectivity index (χ0n) is 18.0. The maximum absolute atomic E-state index is 13.2. The fraction of sp³-hybridized carbons (Fsp3) is 0.435. The van der Waals surface area contributed by atoms with Gasteiger partial charge in [-0.15, -0.1) is 0 Å². The van der Waals surface area contributed by atoms with E-state index in [1.807, 2.05) is 6.07 Å². The molecule has 4 rings (SSSR count). The van der Waals surface area contributed by atoms with Crippen molar-refractivity contribution in [1.82, 2.24) is 4.31 Å². The summed E-state index contributed by atoms with van der Waals surface area (Å²) >= 11 is 0. The molecule has 33 heavy (non-hydrogen) atoms. The molecule has 1 heterocycles. The van der Waals surface area contributed by atoms with Crippen LogP contribution < -0.4 is 0 Å². The van der Waals surface area contributed by atoms with Gasteiger partial charge in [0.25, 0.3) is 5.69 Å². The summed E-state index contributed by atoms with van der Waals surface area (Å²) < 4.78 is 32.7. The number of carbonyl (C=O) groups is 1. The summed E-state index contributed by atoms with van der Waals surface area (Å²) in [6, 6.07) is 13.4. The highest BCUT2D eigenvalue weighted by Gasteiger charge is 2.49. The number of nitro benzene ring substituents is 1. The molecule has 1 aliphatic carbocycles. The fourth-order valence-corrected chi connectivity index (χ4v) is 6.18. The Balaban J connectivity index is 1.48. The molecular formula is C23H26N2O7S. The lowest BCUT2D eigenvalue weighted by Gasteiger charge is -2.33. The Morgan fingerprint density at radius 1 is 1.06 bits per heavy atom. The Hall–Kier alpha value is -2.82. The molecule has 2 atom stereocenters. The number of non-ortho nitro benzene ring substituents is 1. The van der Waals surface area contributed by atoms with Crippen molar-refractivity contribution >= 4 is 21.7 Å². The highest BCUT2D eigenvalue weighted by molar-refractivity contribution is 7.89. The van der Waals surface area contributed by atoms with E-state index in [2.05, 4.69) is 0 Å². The van der Waals surface area contributed by atoms with Gasteiger partial charge in [-0.3, -0.25) is 10.1 Å². The number of sulfonamides is 1. The van der Waals surface area contributed by atoms with Crippen LogP contribution in [0.3, 0.4) is 0 Å². The van der Waals surface area contributed by atoms with E-state index in [9.17, 15) is 28.4 Å². The summed E-state index contributed by atoms with van der Waals surface area (Å²) in [6.07, 6.45) is 2.89. The van der Waals surface area contributed by atoms with Gasteiger partial charge in [0.05, 0.1) is 16.4 Å². The standard InChI is InChI=1S/C23H26N2O7S/c26-22(23(27,18-8-4-5-9-18)17-6-2-1-3-7-17)32-20-14-15-24(16-20)33(30,31)21-12-10-19(11-13-21)25(28)29/h1-3,6-7,10-13,18,20,27H,4-5,8-9,14-16H2/t20-,23?/m0/s1. The lowest BCUT2D eigenvalue weighted by molar-refractivity contribution is -0.384. The van der Waals surface area contributed by atoms with Gasteiger partial charge in [0, 0.05) is 24.6 Å². The molecule has 0 spiro atoms. The predicted octanol–water partition coefficient (Wildman–Crippen LogP) is 2.98. The number of nitro groups is 1. The molecule has 0 radical (unpaired) electrons. The van der Waals surface area contributed by atoms with Crippen LogP contribution in [0.5, 0.6) is 0 Å².